The molecule has 0 aliphatic carbocycles. The predicted octanol–water partition coefficient (Wildman–Crippen LogP) is 6.82. The summed E-state index contributed by atoms with van der Waals surface area (Å²) in [5.41, 5.74) is -0.139. The molecule has 1 aromatic carbocycles. The number of hydrogen-bond acceptors (Lipinski definition) is 8. The zero-order valence-corrected chi connectivity index (χ0v) is 30.6. The third-order valence-electron chi connectivity index (χ3n) is 11.0. The molecule has 10 atom stereocenters. The fraction of sp³-hybridized carbons (Fsp3) is 0.750. The zero-order valence-electron chi connectivity index (χ0n) is 29.0. The van der Waals surface area contributed by atoms with Crippen LogP contribution in [0.15, 0.2) is 10.5 Å². The number of Topliss-reactive ketones (excluding diaryl/α,β-unsaturated/α-hetero) is 1. The summed E-state index contributed by atoms with van der Waals surface area (Å²) in [6.45, 7) is 16.8. The number of carbonyl (C=O) groups excluding carboxylic acids is 2. The summed E-state index contributed by atoms with van der Waals surface area (Å²) < 4.78 is 19.1. The fourth-order valence-electron chi connectivity index (χ4n) is 7.79. The van der Waals surface area contributed by atoms with E-state index in [4.69, 9.17) is 14.2 Å². The van der Waals surface area contributed by atoms with Gasteiger partial charge in [-0.2, -0.15) is 0 Å². The van der Waals surface area contributed by atoms with Gasteiger partial charge in [0.1, 0.15) is 17.1 Å². The largest absolute Gasteiger partial charge is 0.478 e. The lowest BCUT2D eigenvalue weighted by Gasteiger charge is -2.47. The van der Waals surface area contributed by atoms with E-state index in [0.29, 0.717) is 48.6 Å². The summed E-state index contributed by atoms with van der Waals surface area (Å²) in [7, 11) is 0. The van der Waals surface area contributed by atoms with Gasteiger partial charge < -0.3 is 29.5 Å². The van der Waals surface area contributed by atoms with Gasteiger partial charge in [0.25, 0.3) is 0 Å². The maximum absolute atomic E-state index is 14.0. The number of ether oxygens (including phenoxy) is 3. The number of benzene rings is 1. The Morgan fingerprint density at radius 2 is 1.80 bits per heavy atom. The lowest BCUT2D eigenvalue weighted by molar-refractivity contribution is -0.229. The number of ketones is 1. The molecule has 0 saturated carbocycles. The maximum Gasteiger partial charge on any atom is 0.339 e. The van der Waals surface area contributed by atoms with Crippen LogP contribution in [0.2, 0.25) is 0 Å². The van der Waals surface area contributed by atoms with E-state index in [2.05, 4.69) is 29.8 Å². The molecule has 1 aromatic rings. The van der Waals surface area contributed by atoms with Crippen molar-refractivity contribution in [2.45, 2.75) is 149 Å². The molecule has 260 valence electrons. The van der Waals surface area contributed by atoms with Crippen molar-refractivity contribution in [3.8, 4) is 5.75 Å². The smallest absolute Gasteiger partial charge is 0.339 e. The van der Waals surface area contributed by atoms with E-state index >= 15 is 0 Å². The highest BCUT2D eigenvalue weighted by molar-refractivity contribution is 9.10. The van der Waals surface area contributed by atoms with Crippen LogP contribution in [0.4, 0.5) is 0 Å². The summed E-state index contributed by atoms with van der Waals surface area (Å²) in [6, 6.07) is 1.43. The first-order valence-corrected chi connectivity index (χ1v) is 17.8. The number of halogens is 1. The Hall–Kier alpha value is -1.85. The molecule has 3 N–H and O–H groups in total. The second-order valence-electron chi connectivity index (χ2n) is 13.9. The average molecular weight is 712 g/mol. The van der Waals surface area contributed by atoms with Crippen molar-refractivity contribution >= 4 is 33.7 Å². The molecule has 10 unspecified atom stereocenters. The summed E-state index contributed by atoms with van der Waals surface area (Å²) in [5, 5.41) is 32.0. The number of esters is 1. The van der Waals surface area contributed by atoms with Crippen LogP contribution in [-0.4, -0.2) is 68.7 Å². The number of aliphatic hydroxyl groups excluding tert-OH is 1. The summed E-state index contributed by atoms with van der Waals surface area (Å²) in [6.07, 6.45) is 3.47. The second kappa shape index (κ2) is 15.6. The molecule has 2 aliphatic rings. The van der Waals surface area contributed by atoms with Gasteiger partial charge in [-0.1, -0.05) is 57.5 Å². The first-order chi connectivity index (χ1) is 21.5. The Balaban J connectivity index is 1.72. The van der Waals surface area contributed by atoms with Crippen LogP contribution in [0.5, 0.6) is 5.75 Å². The van der Waals surface area contributed by atoms with E-state index in [1.54, 1.807) is 13.8 Å². The van der Waals surface area contributed by atoms with E-state index in [9.17, 15) is 29.7 Å². The van der Waals surface area contributed by atoms with Gasteiger partial charge in [-0.05, 0) is 94.2 Å². The Morgan fingerprint density at radius 3 is 2.33 bits per heavy atom. The first-order valence-electron chi connectivity index (χ1n) is 17.0. The molecule has 3 rings (SSSR count). The number of carboxylic acid groups (broad SMARTS) is 1. The maximum atomic E-state index is 14.0. The van der Waals surface area contributed by atoms with Crippen molar-refractivity contribution < 1.29 is 43.9 Å². The van der Waals surface area contributed by atoms with Gasteiger partial charge >= 0.3 is 11.9 Å². The van der Waals surface area contributed by atoms with Crippen LogP contribution in [0.3, 0.4) is 0 Å². The zero-order chi connectivity index (χ0) is 34.7. The summed E-state index contributed by atoms with van der Waals surface area (Å²) in [4.78, 5) is 37.5. The summed E-state index contributed by atoms with van der Waals surface area (Å²) in [5.74, 6) is -2.91. The normalized spacial score (nSPS) is 30.8. The van der Waals surface area contributed by atoms with E-state index < -0.39 is 35.2 Å². The number of hydrogen-bond donors (Lipinski definition) is 3. The molecule has 0 bridgehead atoms. The molecule has 46 heavy (non-hydrogen) atoms. The summed E-state index contributed by atoms with van der Waals surface area (Å²) >= 11 is 3.48. The van der Waals surface area contributed by atoms with Crippen LogP contribution in [-0.2, 0) is 25.5 Å². The number of aliphatic hydroxyl groups is 2. The molecule has 9 nitrogen and oxygen atoms in total. The van der Waals surface area contributed by atoms with Crippen molar-refractivity contribution in [3.05, 3.63) is 27.2 Å². The predicted molar refractivity (Wildman–Crippen MR) is 179 cm³/mol. The van der Waals surface area contributed by atoms with E-state index in [-0.39, 0.29) is 53.2 Å². The highest BCUT2D eigenvalue weighted by Gasteiger charge is 2.55. The van der Waals surface area contributed by atoms with E-state index in [0.717, 1.165) is 18.4 Å². The van der Waals surface area contributed by atoms with Crippen LogP contribution < -0.4 is 4.74 Å². The molecular formula is C36H55BrO9. The van der Waals surface area contributed by atoms with Gasteiger partial charge in [0, 0.05) is 23.2 Å². The van der Waals surface area contributed by atoms with Crippen LogP contribution in [0.25, 0.3) is 0 Å². The lowest BCUT2D eigenvalue weighted by atomic mass is 9.76. The molecule has 0 aromatic heterocycles. The molecule has 2 heterocycles. The van der Waals surface area contributed by atoms with Crippen molar-refractivity contribution in [2.75, 3.05) is 0 Å². The van der Waals surface area contributed by atoms with Gasteiger partial charge in [-0.3, -0.25) is 9.59 Å². The van der Waals surface area contributed by atoms with Gasteiger partial charge in [0.05, 0.1) is 35.6 Å². The van der Waals surface area contributed by atoms with E-state index in [1.807, 2.05) is 27.7 Å². The number of carboxylic acids is 1. The van der Waals surface area contributed by atoms with Crippen molar-refractivity contribution in [1.29, 1.82) is 0 Å². The third kappa shape index (κ3) is 7.88. The molecule has 0 radical (unpaired) electrons. The Labute approximate surface area is 282 Å². The standard InChI is InChI=1S/C36H55BrO9/c1-10-25(32-20(5)18-36(12-3,46-32)29-15-16-35(43,11-2)23(8)44-29)31(40)22(7)30(39)19(4)13-14-26-21(6)33(45-24(9)38)27(34(41)42)17-28(26)37/h17,19-20,22-23,25,29-30,32,39,43H,10-16,18H2,1-9H3,(H,41,42). The fourth-order valence-corrected chi connectivity index (χ4v) is 8.51. The SMILES string of the molecule is CCC(C(=O)C(C)C(O)C(C)CCc1c(Br)cc(C(=O)O)c(OC(C)=O)c1C)C1OC(CC)(C2CCC(O)(CC)C(C)O2)CC1C. The highest BCUT2D eigenvalue weighted by Crippen LogP contribution is 2.48. The van der Waals surface area contributed by atoms with Crippen molar-refractivity contribution in [1.82, 2.24) is 0 Å². The molecule has 0 spiro atoms. The number of rotatable bonds is 14. The highest BCUT2D eigenvalue weighted by atomic mass is 79.9. The molecular weight excluding hydrogens is 656 g/mol. The third-order valence-corrected chi connectivity index (χ3v) is 11.7. The minimum Gasteiger partial charge on any atom is -0.478 e. The molecule has 0 amide bonds. The van der Waals surface area contributed by atoms with E-state index in [1.165, 1.54) is 13.0 Å². The van der Waals surface area contributed by atoms with Gasteiger partial charge in [0.15, 0.2) is 0 Å². The van der Waals surface area contributed by atoms with Gasteiger partial charge in [0.2, 0.25) is 0 Å². The Kier molecular flexibility index (Phi) is 13.1. The molecule has 2 fully saturated rings. The molecule has 2 saturated heterocycles. The van der Waals surface area contributed by atoms with Gasteiger partial charge in [-0.25, -0.2) is 4.79 Å². The minimum atomic E-state index is -1.20. The number of carbonyl (C=O) groups is 3. The van der Waals surface area contributed by atoms with Crippen LogP contribution in [0, 0.1) is 30.6 Å². The Bertz CT molecular complexity index is 1270. The lowest BCUT2D eigenvalue weighted by Crippen LogP contribution is -2.55. The minimum absolute atomic E-state index is 0.00999. The van der Waals surface area contributed by atoms with Crippen molar-refractivity contribution in [3.63, 3.8) is 0 Å². The second-order valence-corrected chi connectivity index (χ2v) is 14.7. The molecule has 2 aliphatic heterocycles. The topological polar surface area (TPSA) is 140 Å². The Morgan fingerprint density at radius 1 is 1.15 bits per heavy atom. The first kappa shape index (κ1) is 38.6. The van der Waals surface area contributed by atoms with Crippen molar-refractivity contribution in [2.24, 2.45) is 23.7 Å². The monoisotopic (exact) mass is 710 g/mol. The molecule has 10 heteroatoms. The van der Waals surface area contributed by atoms with Gasteiger partial charge in [-0.15, -0.1) is 0 Å². The quantitative estimate of drug-likeness (QED) is 0.140. The average Bonchev–Trinajstić information content (AvgIpc) is 3.35. The van der Waals surface area contributed by atoms with Crippen LogP contribution in [0.1, 0.15) is 122 Å². The number of aromatic carboxylic acids is 1. The van der Waals surface area contributed by atoms with Crippen LogP contribution >= 0.6 is 15.9 Å².